The van der Waals surface area contributed by atoms with E-state index in [1.165, 1.54) is 11.1 Å². The van der Waals surface area contributed by atoms with Crippen molar-refractivity contribution in [3.8, 4) is 66.8 Å². The lowest BCUT2D eigenvalue weighted by Crippen LogP contribution is -2.41. The summed E-state index contributed by atoms with van der Waals surface area (Å²) in [6.07, 6.45) is 14.8. The number of nitrogens with zero attached hydrogens (tertiary/aromatic N) is 4. The molecule has 0 atom stereocenters. The van der Waals surface area contributed by atoms with Crippen LogP contribution in [0.3, 0.4) is 0 Å². The van der Waals surface area contributed by atoms with Crippen LogP contribution in [0, 0.1) is 0 Å². The number of benzene rings is 4. The number of aromatic nitrogens is 4. The van der Waals surface area contributed by atoms with Gasteiger partial charge in [0.2, 0.25) is 0 Å². The summed E-state index contributed by atoms with van der Waals surface area (Å²) in [6.45, 7) is 24.5. The van der Waals surface area contributed by atoms with E-state index in [2.05, 4.69) is 167 Å². The number of pyridine rings is 4. The molecule has 0 spiro atoms. The van der Waals surface area contributed by atoms with Gasteiger partial charge in [-0.25, -0.2) is 0 Å². The summed E-state index contributed by atoms with van der Waals surface area (Å²) in [4.78, 5) is 17.1. The van der Waals surface area contributed by atoms with Gasteiger partial charge >= 0.3 is 21.1 Å². The van der Waals surface area contributed by atoms with Crippen LogP contribution in [-0.2, 0) is 27.9 Å². The molecule has 4 aromatic heterocycles. The fourth-order valence-electron chi connectivity index (χ4n) is 8.90. The predicted molar refractivity (Wildman–Crippen MR) is 328 cm³/mol. The molecule has 0 saturated carbocycles. The van der Waals surface area contributed by atoms with E-state index in [0.29, 0.717) is 0 Å². The van der Waals surface area contributed by atoms with Crippen molar-refractivity contribution in [1.29, 1.82) is 0 Å². The van der Waals surface area contributed by atoms with Gasteiger partial charge in [0.25, 0.3) is 0 Å². The van der Waals surface area contributed by atoms with Crippen LogP contribution in [0.5, 0.6) is 0 Å². The third-order valence-electron chi connectivity index (χ3n) is 15.5. The second-order valence-electron chi connectivity index (χ2n) is 22.5. The Morgan fingerprint density at radius 3 is 0.886 bits per heavy atom. The highest BCUT2D eigenvalue weighted by Gasteiger charge is 2.63. The van der Waals surface area contributed by atoms with Gasteiger partial charge in [-0.15, -0.1) is 0 Å². The Morgan fingerprint density at radius 2 is 0.595 bits per heavy atom. The summed E-state index contributed by atoms with van der Waals surface area (Å²) >= 11 is 3.57. The summed E-state index contributed by atoms with van der Waals surface area (Å²) < 4.78 is 37.5. The third kappa shape index (κ3) is 13.9. The van der Waals surface area contributed by atoms with E-state index in [4.69, 9.17) is 27.9 Å². The first-order chi connectivity index (χ1) is 36.0. The van der Waals surface area contributed by atoms with E-state index in [9.17, 15) is 0 Å². The van der Waals surface area contributed by atoms with Crippen LogP contribution in [0.15, 0.2) is 188 Å². The van der Waals surface area contributed by atoms with Gasteiger partial charge in [0.1, 0.15) is 0 Å². The Morgan fingerprint density at radius 1 is 0.329 bits per heavy atom. The second-order valence-corrected chi connectivity index (χ2v) is 23.5. The molecule has 0 unspecified atom stereocenters. The standard InChI is InChI=1S/C28H27BN2O2.C22H15BrN2.C12H24B2O4.CH4.H3N.H2O/c1-27(2)28(3,4)33-29(32-27)26-11-5-8-20(17-26)23-14-24(21-9-6-12-30-18-21)16-25(15-23)22-10-7-13-31-19-22;23-22-7-1-4-16(13-22)19-10-20(17-5-2-8-24-14-17)12-21(11-19)18-6-3-9-25-15-18;1-9(2)10(3,4)16-13(15-9)14-17-11(5,6)12(7,8)18-14;;;/h5-19H,1-4H3;1-15H;1-8H3;1H4;1H3;1H2. The molecule has 0 bridgehead atoms. The monoisotopic (exact) mass is 1130 g/mol. The van der Waals surface area contributed by atoms with Crippen LogP contribution in [0.25, 0.3) is 66.8 Å². The first-order valence-electron chi connectivity index (χ1n) is 25.8. The van der Waals surface area contributed by atoms with Crippen molar-refractivity contribution >= 4 is 42.5 Å². The number of rotatable bonds is 8. The Balaban J connectivity index is 0.000000196. The van der Waals surface area contributed by atoms with Gasteiger partial charge in [0, 0.05) is 76.3 Å². The molecule has 0 amide bonds. The van der Waals surface area contributed by atoms with Crippen LogP contribution < -0.4 is 11.6 Å². The zero-order valence-electron chi connectivity index (χ0n) is 46.9. The predicted octanol–water partition coefficient (Wildman–Crippen LogP) is 14.2. The SMILES string of the molecule is Brc1cccc(-c2cc(-c3cccnc3)cc(-c3cccnc3)c2)c1.C.CC1(C)OB(B2OC(C)(C)C(C)(C)O2)OC1(C)C.CC1(C)OB(c2cccc(-c3cc(-c4cccnc4)cc(-c4cccnc4)c3)c2)OC1(C)C.N.O. The molecular formula is C63H75B3BrN5O7. The minimum absolute atomic E-state index is 0. The van der Waals surface area contributed by atoms with Crippen molar-refractivity contribution in [1.82, 2.24) is 26.1 Å². The molecule has 11 rings (SSSR count). The maximum atomic E-state index is 6.29. The van der Waals surface area contributed by atoms with E-state index in [1.54, 1.807) is 24.8 Å². The van der Waals surface area contributed by atoms with Crippen LogP contribution in [-0.4, -0.2) is 80.2 Å². The fraction of sp³-hybridized carbons (Fsp3) is 0.302. The van der Waals surface area contributed by atoms with Crippen LogP contribution in [0.1, 0.15) is 90.5 Å². The first-order valence-corrected chi connectivity index (χ1v) is 26.6. The molecule has 3 aliphatic heterocycles. The molecule has 410 valence electrons. The lowest BCUT2D eigenvalue weighted by Gasteiger charge is -2.32. The molecule has 7 heterocycles. The molecule has 4 aromatic carbocycles. The van der Waals surface area contributed by atoms with E-state index >= 15 is 0 Å². The number of hydrogen-bond donors (Lipinski definition) is 1. The van der Waals surface area contributed by atoms with Crippen LogP contribution in [0.4, 0.5) is 0 Å². The van der Waals surface area contributed by atoms with Crippen molar-refractivity contribution in [3.63, 3.8) is 0 Å². The maximum Gasteiger partial charge on any atom is 0.494 e. The van der Waals surface area contributed by atoms with Gasteiger partial charge in [-0.05, 0) is 206 Å². The Bertz CT molecular complexity index is 3090. The molecule has 3 saturated heterocycles. The topological polar surface area (TPSA) is 173 Å². The van der Waals surface area contributed by atoms with E-state index in [-0.39, 0.29) is 52.7 Å². The molecule has 5 N–H and O–H groups in total. The molecule has 0 radical (unpaired) electrons. The lowest BCUT2D eigenvalue weighted by atomic mass is 9.49. The Hall–Kier alpha value is -6.17. The van der Waals surface area contributed by atoms with Gasteiger partial charge < -0.3 is 39.6 Å². The summed E-state index contributed by atoms with van der Waals surface area (Å²) in [5.41, 5.74) is 12.3. The minimum atomic E-state index is -0.476. The van der Waals surface area contributed by atoms with Crippen molar-refractivity contribution in [2.24, 2.45) is 0 Å². The molecule has 12 nitrogen and oxygen atoms in total. The van der Waals surface area contributed by atoms with Crippen molar-refractivity contribution < 1.29 is 33.4 Å². The normalized spacial score (nSPS) is 17.6. The van der Waals surface area contributed by atoms with Crippen LogP contribution >= 0.6 is 15.9 Å². The van der Waals surface area contributed by atoms with E-state index in [0.717, 1.165) is 65.6 Å². The van der Waals surface area contributed by atoms with Gasteiger partial charge in [0.05, 0.1) is 33.6 Å². The maximum absolute atomic E-state index is 6.29. The zero-order valence-corrected chi connectivity index (χ0v) is 48.5. The minimum Gasteiger partial charge on any atom is -0.412 e. The number of halogens is 1. The lowest BCUT2D eigenvalue weighted by molar-refractivity contribution is 0.00578. The first kappa shape index (κ1) is 62.0. The van der Waals surface area contributed by atoms with Gasteiger partial charge in [-0.2, -0.15) is 0 Å². The Kier molecular flexibility index (Phi) is 19.4. The molecular weight excluding hydrogens is 1050 g/mol. The highest BCUT2D eigenvalue weighted by Crippen LogP contribution is 2.44. The summed E-state index contributed by atoms with van der Waals surface area (Å²) in [7, 11) is -1.35. The van der Waals surface area contributed by atoms with Gasteiger partial charge in [0.15, 0.2) is 0 Å². The van der Waals surface area contributed by atoms with Crippen molar-refractivity contribution in [2.75, 3.05) is 0 Å². The molecule has 3 fully saturated rings. The van der Waals surface area contributed by atoms with Gasteiger partial charge in [-0.3, -0.25) is 19.9 Å². The molecule has 0 aliphatic carbocycles. The Labute approximate surface area is 477 Å². The third-order valence-corrected chi connectivity index (χ3v) is 16.0. The second kappa shape index (κ2) is 24.7. The number of hydrogen-bond acceptors (Lipinski definition) is 11. The van der Waals surface area contributed by atoms with E-state index < -0.39 is 21.1 Å². The van der Waals surface area contributed by atoms with Gasteiger partial charge in [-0.1, -0.05) is 84.0 Å². The molecule has 16 heteroatoms. The fourth-order valence-corrected chi connectivity index (χ4v) is 9.30. The zero-order chi connectivity index (χ0) is 54.1. The van der Waals surface area contributed by atoms with E-state index in [1.807, 2.05) is 111 Å². The molecule has 3 aliphatic rings. The average Bonchev–Trinajstić information content (AvgIpc) is 3.91. The molecule has 79 heavy (non-hydrogen) atoms. The largest absolute Gasteiger partial charge is 0.494 e. The van der Waals surface area contributed by atoms with Crippen LogP contribution in [0.2, 0.25) is 0 Å². The summed E-state index contributed by atoms with van der Waals surface area (Å²) in [6, 6.07) is 46.2. The summed E-state index contributed by atoms with van der Waals surface area (Å²) in [5, 5.41) is 0. The highest BCUT2D eigenvalue weighted by molar-refractivity contribution is 9.10. The quantitative estimate of drug-likeness (QED) is 0.143. The molecule has 8 aromatic rings. The smallest absolute Gasteiger partial charge is 0.412 e. The highest BCUT2D eigenvalue weighted by atomic mass is 79.9. The summed E-state index contributed by atoms with van der Waals surface area (Å²) in [5.74, 6) is 0. The average molecular weight is 1130 g/mol. The van der Waals surface area contributed by atoms with Crippen molar-refractivity contribution in [3.05, 3.63) is 188 Å². The van der Waals surface area contributed by atoms with Crippen molar-refractivity contribution in [2.45, 2.75) is 124 Å².